The van der Waals surface area contributed by atoms with Crippen LogP contribution in [0.5, 0.6) is 0 Å². The monoisotopic (exact) mass is 384 g/mol. The Morgan fingerprint density at radius 1 is 1.15 bits per heavy atom. The standard InChI is InChI=1S/C21H40N2O4/c1-17(15-20(3,4)16-18(2)24)14-19(25)23-11-13-27-21(26-12-10-22)8-6-5-7-9-21/h17H,5-16,22H2,1-4H3,(H,23,25). The molecule has 0 heterocycles. The minimum Gasteiger partial charge on any atom is -0.354 e. The molecular weight excluding hydrogens is 344 g/mol. The van der Waals surface area contributed by atoms with Crippen molar-refractivity contribution in [2.75, 3.05) is 26.3 Å². The molecule has 0 saturated heterocycles. The summed E-state index contributed by atoms with van der Waals surface area (Å²) in [5.74, 6) is -0.0581. The Balaban J connectivity index is 2.30. The number of Topliss-reactive ketones (excluding diaryl/α,β-unsaturated/α-hetero) is 1. The van der Waals surface area contributed by atoms with Gasteiger partial charge >= 0.3 is 0 Å². The van der Waals surface area contributed by atoms with E-state index in [1.165, 1.54) is 6.42 Å². The van der Waals surface area contributed by atoms with Gasteiger partial charge in [-0.25, -0.2) is 0 Å². The van der Waals surface area contributed by atoms with Crippen LogP contribution in [-0.4, -0.2) is 43.8 Å². The molecule has 1 aliphatic carbocycles. The van der Waals surface area contributed by atoms with E-state index in [0.717, 1.165) is 32.1 Å². The number of rotatable bonds is 13. The zero-order valence-electron chi connectivity index (χ0n) is 17.8. The first kappa shape index (κ1) is 24.1. The smallest absolute Gasteiger partial charge is 0.220 e. The van der Waals surface area contributed by atoms with Gasteiger partial charge in [-0.15, -0.1) is 0 Å². The Bertz CT molecular complexity index is 459. The number of amides is 1. The van der Waals surface area contributed by atoms with E-state index in [-0.39, 0.29) is 23.0 Å². The van der Waals surface area contributed by atoms with Crippen LogP contribution in [0.2, 0.25) is 0 Å². The highest BCUT2D eigenvalue weighted by Gasteiger charge is 2.33. The highest BCUT2D eigenvalue weighted by atomic mass is 16.7. The maximum absolute atomic E-state index is 12.2. The third-order valence-electron chi connectivity index (χ3n) is 5.05. The summed E-state index contributed by atoms with van der Waals surface area (Å²) in [6.07, 6.45) is 7.08. The van der Waals surface area contributed by atoms with Gasteiger partial charge in [-0.05, 0) is 37.5 Å². The lowest BCUT2D eigenvalue weighted by atomic mass is 9.78. The van der Waals surface area contributed by atoms with Gasteiger partial charge in [0.05, 0.1) is 13.2 Å². The zero-order valence-corrected chi connectivity index (χ0v) is 17.8. The van der Waals surface area contributed by atoms with Crippen LogP contribution >= 0.6 is 0 Å². The highest BCUT2D eigenvalue weighted by molar-refractivity contribution is 5.76. The molecular formula is C21H40N2O4. The van der Waals surface area contributed by atoms with Crippen LogP contribution in [-0.2, 0) is 19.1 Å². The maximum Gasteiger partial charge on any atom is 0.220 e. The van der Waals surface area contributed by atoms with Gasteiger partial charge in [0.25, 0.3) is 0 Å². The Hall–Kier alpha value is -0.980. The number of hydrogen-bond donors (Lipinski definition) is 2. The molecule has 0 aliphatic heterocycles. The van der Waals surface area contributed by atoms with Gasteiger partial charge in [0.1, 0.15) is 5.78 Å². The quantitative estimate of drug-likeness (QED) is 0.376. The van der Waals surface area contributed by atoms with Crippen molar-refractivity contribution in [1.82, 2.24) is 5.32 Å². The first-order valence-corrected chi connectivity index (χ1v) is 10.4. The summed E-state index contributed by atoms with van der Waals surface area (Å²) >= 11 is 0. The lowest BCUT2D eigenvalue weighted by Crippen LogP contribution is -2.41. The molecule has 27 heavy (non-hydrogen) atoms. The van der Waals surface area contributed by atoms with Crippen LogP contribution in [0.15, 0.2) is 0 Å². The van der Waals surface area contributed by atoms with Crippen molar-refractivity contribution in [3.05, 3.63) is 0 Å². The van der Waals surface area contributed by atoms with Gasteiger partial charge < -0.3 is 25.3 Å². The topological polar surface area (TPSA) is 90.7 Å². The molecule has 3 N–H and O–H groups in total. The van der Waals surface area contributed by atoms with Crippen LogP contribution in [0.25, 0.3) is 0 Å². The molecule has 1 aliphatic rings. The van der Waals surface area contributed by atoms with E-state index in [1.807, 2.05) is 0 Å². The number of nitrogens with one attached hydrogen (secondary N) is 1. The van der Waals surface area contributed by atoms with Crippen LogP contribution in [0.1, 0.15) is 79.1 Å². The Morgan fingerprint density at radius 2 is 1.78 bits per heavy atom. The number of carbonyl (C=O) groups is 2. The fourth-order valence-corrected chi connectivity index (χ4v) is 4.24. The van der Waals surface area contributed by atoms with Crippen molar-refractivity contribution in [3.63, 3.8) is 0 Å². The number of hydrogen-bond acceptors (Lipinski definition) is 5. The lowest BCUT2D eigenvalue weighted by Gasteiger charge is -2.37. The number of nitrogens with two attached hydrogens (primary N) is 1. The third kappa shape index (κ3) is 10.2. The summed E-state index contributed by atoms with van der Waals surface area (Å²) < 4.78 is 11.9. The predicted octanol–water partition coefficient (Wildman–Crippen LogP) is 3.18. The third-order valence-corrected chi connectivity index (χ3v) is 5.05. The van der Waals surface area contributed by atoms with Crippen molar-refractivity contribution >= 4 is 11.7 Å². The summed E-state index contributed by atoms with van der Waals surface area (Å²) in [7, 11) is 0. The van der Waals surface area contributed by atoms with Gasteiger partial charge in [-0.3, -0.25) is 4.79 Å². The molecule has 158 valence electrons. The molecule has 0 spiro atoms. The lowest BCUT2D eigenvalue weighted by molar-refractivity contribution is -0.250. The first-order valence-electron chi connectivity index (χ1n) is 10.4. The molecule has 1 atom stereocenters. The Kier molecular flexibility index (Phi) is 10.5. The number of ether oxygens (including phenoxy) is 2. The molecule has 1 amide bonds. The van der Waals surface area contributed by atoms with E-state index in [9.17, 15) is 9.59 Å². The van der Waals surface area contributed by atoms with Gasteiger partial charge in [-0.1, -0.05) is 27.2 Å². The minimum absolute atomic E-state index is 0.0327. The average molecular weight is 385 g/mol. The van der Waals surface area contributed by atoms with Gasteiger partial charge in [-0.2, -0.15) is 0 Å². The SMILES string of the molecule is CC(=O)CC(C)(C)CC(C)CC(=O)NCCOC1(OCCN)CCCCC1. The second kappa shape index (κ2) is 11.8. The molecule has 1 saturated carbocycles. The molecule has 0 aromatic heterocycles. The highest BCUT2D eigenvalue weighted by Crippen LogP contribution is 2.33. The second-order valence-electron chi connectivity index (χ2n) is 8.86. The molecule has 6 heteroatoms. The second-order valence-corrected chi connectivity index (χ2v) is 8.86. The minimum atomic E-state index is -0.521. The largest absolute Gasteiger partial charge is 0.354 e. The van der Waals surface area contributed by atoms with Crippen LogP contribution in [0, 0.1) is 11.3 Å². The van der Waals surface area contributed by atoms with Gasteiger partial charge in [0, 0.05) is 38.8 Å². The molecule has 0 aromatic rings. The molecule has 6 nitrogen and oxygen atoms in total. The van der Waals surface area contributed by atoms with Crippen molar-refractivity contribution in [2.45, 2.75) is 84.8 Å². The summed E-state index contributed by atoms with van der Waals surface area (Å²) in [5.41, 5.74) is 5.49. The van der Waals surface area contributed by atoms with E-state index < -0.39 is 5.79 Å². The van der Waals surface area contributed by atoms with E-state index in [4.69, 9.17) is 15.2 Å². The predicted molar refractivity (Wildman–Crippen MR) is 107 cm³/mol. The molecule has 1 unspecified atom stereocenters. The van der Waals surface area contributed by atoms with Gasteiger partial charge in [0.2, 0.25) is 5.91 Å². The maximum atomic E-state index is 12.2. The fourth-order valence-electron chi connectivity index (χ4n) is 4.24. The van der Waals surface area contributed by atoms with Crippen molar-refractivity contribution < 1.29 is 19.1 Å². The normalized spacial score (nSPS) is 18.1. The number of ketones is 1. The van der Waals surface area contributed by atoms with E-state index in [0.29, 0.717) is 39.1 Å². The molecule has 0 bridgehead atoms. The first-order chi connectivity index (χ1) is 12.7. The molecule has 1 rings (SSSR count). The average Bonchev–Trinajstić information content (AvgIpc) is 2.56. The summed E-state index contributed by atoms with van der Waals surface area (Å²) in [4.78, 5) is 23.5. The van der Waals surface area contributed by atoms with Crippen LogP contribution in [0.4, 0.5) is 0 Å². The van der Waals surface area contributed by atoms with Crippen molar-refractivity contribution in [2.24, 2.45) is 17.1 Å². The molecule has 0 radical (unpaired) electrons. The summed E-state index contributed by atoms with van der Waals surface area (Å²) in [5, 5.41) is 2.94. The van der Waals surface area contributed by atoms with Crippen molar-refractivity contribution in [3.8, 4) is 0 Å². The van der Waals surface area contributed by atoms with E-state index in [2.05, 4.69) is 26.1 Å². The van der Waals surface area contributed by atoms with E-state index in [1.54, 1.807) is 6.92 Å². The molecule has 1 fully saturated rings. The van der Waals surface area contributed by atoms with E-state index >= 15 is 0 Å². The van der Waals surface area contributed by atoms with Crippen LogP contribution < -0.4 is 11.1 Å². The number of carbonyl (C=O) groups excluding carboxylic acids is 2. The van der Waals surface area contributed by atoms with Crippen LogP contribution in [0.3, 0.4) is 0 Å². The summed E-state index contributed by atoms with van der Waals surface area (Å²) in [6.45, 7) is 9.77. The Labute approximate surface area is 164 Å². The summed E-state index contributed by atoms with van der Waals surface area (Å²) in [6, 6.07) is 0. The van der Waals surface area contributed by atoms with Crippen molar-refractivity contribution in [1.29, 1.82) is 0 Å². The van der Waals surface area contributed by atoms with Gasteiger partial charge in [0.15, 0.2) is 5.79 Å². The molecule has 0 aromatic carbocycles. The fraction of sp³-hybridized carbons (Fsp3) is 0.905. The zero-order chi connectivity index (χ0) is 20.3. The Morgan fingerprint density at radius 3 is 2.37 bits per heavy atom.